The quantitative estimate of drug-likeness (QED) is 0.862. The number of rotatable bonds is 3. The first kappa shape index (κ1) is 14.5. The van der Waals surface area contributed by atoms with E-state index in [9.17, 15) is 9.50 Å². The van der Waals surface area contributed by atoms with Crippen LogP contribution in [0, 0.1) is 23.1 Å². The highest BCUT2D eigenvalue weighted by molar-refractivity contribution is 5.66. The molecule has 0 spiro atoms. The lowest BCUT2D eigenvalue weighted by atomic mass is 9.91. The zero-order valence-corrected chi connectivity index (χ0v) is 11.6. The molecule has 0 saturated carbocycles. The van der Waals surface area contributed by atoms with Gasteiger partial charge in [-0.25, -0.2) is 4.39 Å². The van der Waals surface area contributed by atoms with Crippen molar-refractivity contribution < 1.29 is 9.50 Å². The van der Waals surface area contributed by atoms with E-state index in [1.54, 1.807) is 12.1 Å². The monoisotopic (exact) mass is 274 g/mol. The third kappa shape index (κ3) is 3.37. The van der Waals surface area contributed by atoms with E-state index in [1.807, 2.05) is 6.92 Å². The zero-order valence-electron chi connectivity index (χ0n) is 11.6. The summed E-state index contributed by atoms with van der Waals surface area (Å²) in [5, 5.41) is 18.6. The molecule has 0 radical (unpaired) electrons. The molecule has 0 bridgehead atoms. The number of benzene rings is 1. The maximum Gasteiger partial charge on any atom is 0.123 e. The molecule has 0 aliphatic carbocycles. The maximum absolute atomic E-state index is 13.0. The summed E-state index contributed by atoms with van der Waals surface area (Å²) in [7, 11) is 0. The van der Waals surface area contributed by atoms with Gasteiger partial charge in [-0.3, -0.25) is 0 Å². The number of likely N-dealkylation sites (tertiary alicyclic amines) is 1. The minimum Gasteiger partial charge on any atom is -0.393 e. The second-order valence-electron chi connectivity index (χ2n) is 5.23. The van der Waals surface area contributed by atoms with E-state index in [0.717, 1.165) is 37.2 Å². The second kappa shape index (κ2) is 6.53. The largest absolute Gasteiger partial charge is 0.393 e. The van der Waals surface area contributed by atoms with Gasteiger partial charge in [0.15, 0.2) is 0 Å². The number of nitriles is 1. The van der Waals surface area contributed by atoms with Crippen LogP contribution in [-0.4, -0.2) is 29.2 Å². The van der Waals surface area contributed by atoms with E-state index in [1.165, 1.54) is 18.2 Å². The SMILES string of the molecule is CC(O)C1CCN(/C(=C/C#N)c2ccc(F)cc2)CC1. The van der Waals surface area contributed by atoms with Gasteiger partial charge in [-0.05, 0) is 55.5 Å². The third-order valence-electron chi connectivity index (χ3n) is 3.90. The number of hydrogen-bond donors (Lipinski definition) is 1. The van der Waals surface area contributed by atoms with Crippen LogP contribution < -0.4 is 0 Å². The summed E-state index contributed by atoms with van der Waals surface area (Å²) < 4.78 is 13.0. The first-order chi connectivity index (χ1) is 9.61. The highest BCUT2D eigenvalue weighted by Gasteiger charge is 2.24. The summed E-state index contributed by atoms with van der Waals surface area (Å²) in [6.07, 6.45) is 3.03. The predicted molar refractivity (Wildman–Crippen MR) is 76.0 cm³/mol. The second-order valence-corrected chi connectivity index (χ2v) is 5.23. The van der Waals surface area contributed by atoms with Crippen LogP contribution in [-0.2, 0) is 0 Å². The van der Waals surface area contributed by atoms with Gasteiger partial charge >= 0.3 is 0 Å². The number of aliphatic hydroxyl groups is 1. The number of allylic oxidation sites excluding steroid dienone is 1. The highest BCUT2D eigenvalue weighted by Crippen LogP contribution is 2.27. The third-order valence-corrected chi connectivity index (χ3v) is 3.90. The maximum atomic E-state index is 13.0. The minimum absolute atomic E-state index is 0.280. The molecular weight excluding hydrogens is 255 g/mol. The van der Waals surface area contributed by atoms with Crippen molar-refractivity contribution in [2.24, 2.45) is 5.92 Å². The van der Waals surface area contributed by atoms with E-state index in [4.69, 9.17) is 5.26 Å². The van der Waals surface area contributed by atoms with Crippen LogP contribution in [0.5, 0.6) is 0 Å². The van der Waals surface area contributed by atoms with E-state index >= 15 is 0 Å². The van der Waals surface area contributed by atoms with Crippen LogP contribution in [0.4, 0.5) is 4.39 Å². The zero-order chi connectivity index (χ0) is 14.5. The minimum atomic E-state index is -0.286. The van der Waals surface area contributed by atoms with Gasteiger partial charge in [0.05, 0.1) is 17.9 Å². The molecule has 106 valence electrons. The van der Waals surface area contributed by atoms with Crippen molar-refractivity contribution in [1.82, 2.24) is 4.90 Å². The molecule has 0 aromatic heterocycles. The molecule has 1 N–H and O–H groups in total. The van der Waals surface area contributed by atoms with Gasteiger partial charge in [-0.2, -0.15) is 5.26 Å². The summed E-state index contributed by atoms with van der Waals surface area (Å²) in [6.45, 7) is 3.44. The van der Waals surface area contributed by atoms with Crippen molar-refractivity contribution in [3.05, 3.63) is 41.7 Å². The number of piperidine rings is 1. The lowest BCUT2D eigenvalue weighted by Gasteiger charge is -2.36. The van der Waals surface area contributed by atoms with Crippen molar-refractivity contribution in [3.8, 4) is 6.07 Å². The van der Waals surface area contributed by atoms with Crippen LogP contribution in [0.25, 0.3) is 5.70 Å². The van der Waals surface area contributed by atoms with Crippen molar-refractivity contribution in [2.75, 3.05) is 13.1 Å². The molecule has 3 nitrogen and oxygen atoms in total. The Morgan fingerprint density at radius 3 is 2.50 bits per heavy atom. The van der Waals surface area contributed by atoms with Crippen LogP contribution in [0.3, 0.4) is 0 Å². The lowest BCUT2D eigenvalue weighted by Crippen LogP contribution is -2.36. The van der Waals surface area contributed by atoms with Crippen LogP contribution in [0.1, 0.15) is 25.3 Å². The van der Waals surface area contributed by atoms with Gasteiger partial charge in [-0.15, -0.1) is 0 Å². The van der Waals surface area contributed by atoms with E-state index in [-0.39, 0.29) is 11.9 Å². The first-order valence-electron chi connectivity index (χ1n) is 6.90. The molecular formula is C16H19FN2O. The van der Waals surface area contributed by atoms with Crippen molar-refractivity contribution in [1.29, 1.82) is 5.26 Å². The summed E-state index contributed by atoms with van der Waals surface area (Å²) in [5.41, 5.74) is 1.68. The average Bonchev–Trinajstić information content (AvgIpc) is 2.46. The van der Waals surface area contributed by atoms with Gasteiger partial charge in [0.2, 0.25) is 0 Å². The van der Waals surface area contributed by atoms with Crippen molar-refractivity contribution in [3.63, 3.8) is 0 Å². The molecule has 1 aromatic carbocycles. The Morgan fingerprint density at radius 2 is 2.00 bits per heavy atom. The molecule has 1 aromatic rings. The van der Waals surface area contributed by atoms with Crippen LogP contribution in [0.2, 0.25) is 0 Å². The van der Waals surface area contributed by atoms with Gasteiger partial charge in [-0.1, -0.05) is 0 Å². The first-order valence-corrected chi connectivity index (χ1v) is 6.90. The van der Waals surface area contributed by atoms with Gasteiger partial charge < -0.3 is 10.0 Å². The fraction of sp³-hybridized carbons (Fsp3) is 0.438. The highest BCUT2D eigenvalue weighted by atomic mass is 19.1. The molecule has 1 atom stereocenters. The Labute approximate surface area is 118 Å². The Morgan fingerprint density at radius 1 is 1.40 bits per heavy atom. The number of aliphatic hydroxyl groups excluding tert-OH is 1. The molecule has 0 amide bonds. The molecule has 1 saturated heterocycles. The molecule has 1 aliphatic rings. The molecule has 2 rings (SSSR count). The molecule has 1 fully saturated rings. The standard InChI is InChI=1S/C16H19FN2O/c1-12(20)13-7-10-19(11-8-13)16(6-9-18)14-2-4-15(17)5-3-14/h2-6,12-13,20H,7-8,10-11H2,1H3/b16-6+. The average molecular weight is 274 g/mol. The molecule has 20 heavy (non-hydrogen) atoms. The number of halogens is 1. The van der Waals surface area contributed by atoms with Crippen molar-refractivity contribution in [2.45, 2.75) is 25.9 Å². The topological polar surface area (TPSA) is 47.3 Å². The molecule has 1 unspecified atom stereocenters. The molecule has 1 aliphatic heterocycles. The van der Waals surface area contributed by atoms with E-state index < -0.39 is 0 Å². The summed E-state index contributed by atoms with van der Waals surface area (Å²) in [5.74, 6) is 0.0423. The molecule has 1 heterocycles. The predicted octanol–water partition coefficient (Wildman–Crippen LogP) is 2.78. The lowest BCUT2D eigenvalue weighted by molar-refractivity contribution is 0.0870. The number of nitrogens with zero attached hydrogens (tertiary/aromatic N) is 2. The summed E-state index contributed by atoms with van der Waals surface area (Å²) >= 11 is 0. The Bertz CT molecular complexity index is 508. The van der Waals surface area contributed by atoms with Gasteiger partial charge in [0.25, 0.3) is 0 Å². The van der Waals surface area contributed by atoms with Crippen molar-refractivity contribution >= 4 is 5.70 Å². The summed E-state index contributed by atoms with van der Waals surface area (Å²) in [6, 6.07) is 8.26. The normalized spacial score (nSPS) is 18.7. The Kier molecular flexibility index (Phi) is 4.75. The number of hydrogen-bond acceptors (Lipinski definition) is 3. The van der Waals surface area contributed by atoms with Crippen LogP contribution >= 0.6 is 0 Å². The fourth-order valence-corrected chi connectivity index (χ4v) is 2.66. The fourth-order valence-electron chi connectivity index (χ4n) is 2.66. The Balaban J connectivity index is 2.14. The van der Waals surface area contributed by atoms with Gasteiger partial charge in [0.1, 0.15) is 5.82 Å². The smallest absolute Gasteiger partial charge is 0.123 e. The Hall–Kier alpha value is -1.86. The van der Waals surface area contributed by atoms with E-state index in [0.29, 0.717) is 5.92 Å². The van der Waals surface area contributed by atoms with Gasteiger partial charge in [0, 0.05) is 19.2 Å². The summed E-state index contributed by atoms with van der Waals surface area (Å²) in [4.78, 5) is 2.13. The molecule has 4 heteroatoms. The van der Waals surface area contributed by atoms with E-state index in [2.05, 4.69) is 11.0 Å². The van der Waals surface area contributed by atoms with Crippen LogP contribution in [0.15, 0.2) is 30.3 Å².